The van der Waals surface area contributed by atoms with Gasteiger partial charge < -0.3 is 14.8 Å². The molecular formula is C21H25NO4. The number of carbonyl (C=O) groups excluding carboxylic acids is 2. The highest BCUT2D eigenvalue weighted by molar-refractivity contribution is 5.95. The lowest BCUT2D eigenvalue weighted by atomic mass is 10.0. The van der Waals surface area contributed by atoms with Gasteiger partial charge in [-0.15, -0.1) is 0 Å². The fourth-order valence-electron chi connectivity index (χ4n) is 2.52. The van der Waals surface area contributed by atoms with E-state index in [1.807, 2.05) is 25.1 Å². The third kappa shape index (κ3) is 5.34. The average Bonchev–Trinajstić information content (AvgIpc) is 2.60. The van der Waals surface area contributed by atoms with Crippen LogP contribution in [0.2, 0.25) is 0 Å². The van der Waals surface area contributed by atoms with Crippen LogP contribution in [0.5, 0.6) is 5.75 Å². The molecule has 0 fully saturated rings. The Hall–Kier alpha value is -2.82. The first-order chi connectivity index (χ1) is 12.4. The van der Waals surface area contributed by atoms with Crippen LogP contribution in [0, 0.1) is 6.92 Å². The van der Waals surface area contributed by atoms with Gasteiger partial charge in [-0.2, -0.15) is 0 Å². The zero-order valence-electron chi connectivity index (χ0n) is 15.7. The van der Waals surface area contributed by atoms with Gasteiger partial charge in [0.1, 0.15) is 5.75 Å². The van der Waals surface area contributed by atoms with E-state index in [1.54, 1.807) is 31.2 Å². The predicted molar refractivity (Wildman–Crippen MR) is 102 cm³/mol. The monoisotopic (exact) mass is 355 g/mol. The highest BCUT2D eigenvalue weighted by atomic mass is 16.5. The summed E-state index contributed by atoms with van der Waals surface area (Å²) in [6.07, 6.45) is 0. The van der Waals surface area contributed by atoms with Crippen molar-refractivity contribution >= 4 is 17.6 Å². The lowest BCUT2D eigenvalue weighted by molar-refractivity contribution is -0.118. The molecule has 2 aromatic carbocycles. The molecule has 2 rings (SSSR count). The van der Waals surface area contributed by atoms with E-state index < -0.39 is 5.97 Å². The van der Waals surface area contributed by atoms with Crippen LogP contribution in [0.3, 0.4) is 0 Å². The van der Waals surface area contributed by atoms with E-state index in [4.69, 9.17) is 9.47 Å². The van der Waals surface area contributed by atoms with Gasteiger partial charge in [-0.05, 0) is 55.2 Å². The number of rotatable bonds is 7. The molecule has 5 heteroatoms. The van der Waals surface area contributed by atoms with E-state index in [-0.39, 0.29) is 12.5 Å². The quantitative estimate of drug-likeness (QED) is 0.752. The highest BCUT2D eigenvalue weighted by Crippen LogP contribution is 2.27. The Morgan fingerprint density at radius 3 is 2.58 bits per heavy atom. The van der Waals surface area contributed by atoms with Gasteiger partial charge in [-0.1, -0.05) is 32.0 Å². The van der Waals surface area contributed by atoms with Crippen molar-refractivity contribution in [1.82, 2.24) is 0 Å². The largest absolute Gasteiger partial charge is 0.483 e. The average molecular weight is 355 g/mol. The maximum absolute atomic E-state index is 12.2. The number of esters is 1. The topological polar surface area (TPSA) is 64.6 Å². The normalized spacial score (nSPS) is 10.5. The number of anilines is 1. The second-order valence-electron chi connectivity index (χ2n) is 6.33. The smallest absolute Gasteiger partial charge is 0.338 e. The van der Waals surface area contributed by atoms with Crippen molar-refractivity contribution in [2.75, 3.05) is 18.5 Å². The number of amides is 1. The zero-order chi connectivity index (χ0) is 19.1. The van der Waals surface area contributed by atoms with Gasteiger partial charge in [0.2, 0.25) is 0 Å². The van der Waals surface area contributed by atoms with E-state index in [2.05, 4.69) is 19.2 Å². The molecule has 0 spiro atoms. The zero-order valence-corrected chi connectivity index (χ0v) is 15.7. The van der Waals surface area contributed by atoms with Gasteiger partial charge in [-0.3, -0.25) is 4.79 Å². The Bertz CT molecular complexity index is 783. The maximum atomic E-state index is 12.2. The summed E-state index contributed by atoms with van der Waals surface area (Å²) in [4.78, 5) is 24.0. The Labute approximate surface area is 154 Å². The molecule has 1 N–H and O–H groups in total. The molecule has 1 amide bonds. The number of ether oxygens (including phenoxy) is 2. The first-order valence-electron chi connectivity index (χ1n) is 8.71. The molecule has 2 aromatic rings. The van der Waals surface area contributed by atoms with Gasteiger partial charge >= 0.3 is 5.97 Å². The molecule has 0 bridgehead atoms. The molecule has 0 radical (unpaired) electrons. The SMILES string of the molecule is CCOC(=O)c1cccc(NC(=O)COc2cc(C)ccc2C(C)C)c1. The second kappa shape index (κ2) is 9.04. The third-order valence-electron chi connectivity index (χ3n) is 3.81. The van der Waals surface area contributed by atoms with E-state index in [9.17, 15) is 9.59 Å². The van der Waals surface area contributed by atoms with Gasteiger partial charge in [0.15, 0.2) is 6.61 Å². The van der Waals surface area contributed by atoms with Crippen molar-refractivity contribution in [2.24, 2.45) is 0 Å². The third-order valence-corrected chi connectivity index (χ3v) is 3.81. The van der Waals surface area contributed by atoms with Crippen LogP contribution in [0.4, 0.5) is 5.69 Å². The minimum atomic E-state index is -0.416. The number of hydrogen-bond donors (Lipinski definition) is 1. The molecule has 0 heterocycles. The molecule has 26 heavy (non-hydrogen) atoms. The summed E-state index contributed by atoms with van der Waals surface area (Å²) in [5, 5.41) is 2.74. The molecule has 0 aliphatic heterocycles. The molecule has 138 valence electrons. The minimum absolute atomic E-state index is 0.104. The molecule has 5 nitrogen and oxygen atoms in total. The van der Waals surface area contributed by atoms with E-state index >= 15 is 0 Å². The van der Waals surface area contributed by atoms with Crippen LogP contribution < -0.4 is 10.1 Å². The summed E-state index contributed by atoms with van der Waals surface area (Å²) < 4.78 is 10.7. The van der Waals surface area contributed by atoms with Gasteiger partial charge in [-0.25, -0.2) is 4.79 Å². The Balaban J connectivity index is 2.01. The van der Waals surface area contributed by atoms with Crippen molar-refractivity contribution in [2.45, 2.75) is 33.6 Å². The number of carbonyl (C=O) groups is 2. The van der Waals surface area contributed by atoms with Crippen molar-refractivity contribution < 1.29 is 19.1 Å². The highest BCUT2D eigenvalue weighted by Gasteiger charge is 2.12. The predicted octanol–water partition coefficient (Wildman–Crippen LogP) is 4.31. The van der Waals surface area contributed by atoms with Gasteiger partial charge in [0.05, 0.1) is 12.2 Å². The molecular weight excluding hydrogens is 330 g/mol. The van der Waals surface area contributed by atoms with Gasteiger partial charge in [0.25, 0.3) is 5.91 Å². The molecule has 0 aliphatic carbocycles. The van der Waals surface area contributed by atoms with E-state index in [0.717, 1.165) is 16.9 Å². The van der Waals surface area contributed by atoms with Crippen LogP contribution in [0.1, 0.15) is 48.2 Å². The van der Waals surface area contributed by atoms with Crippen LogP contribution in [0.15, 0.2) is 42.5 Å². The van der Waals surface area contributed by atoms with Gasteiger partial charge in [0, 0.05) is 5.69 Å². The molecule has 0 aliphatic rings. The molecule has 0 saturated heterocycles. The molecule has 0 aromatic heterocycles. The number of benzene rings is 2. The number of aryl methyl sites for hydroxylation is 1. The summed E-state index contributed by atoms with van der Waals surface area (Å²) >= 11 is 0. The van der Waals surface area contributed by atoms with E-state index in [0.29, 0.717) is 23.8 Å². The molecule has 0 atom stereocenters. The lowest BCUT2D eigenvalue weighted by Gasteiger charge is -2.15. The second-order valence-corrected chi connectivity index (χ2v) is 6.33. The summed E-state index contributed by atoms with van der Waals surface area (Å²) in [5.41, 5.74) is 3.06. The Morgan fingerprint density at radius 1 is 1.12 bits per heavy atom. The summed E-state index contributed by atoms with van der Waals surface area (Å²) in [5.74, 6) is 0.314. The molecule has 0 saturated carbocycles. The standard InChI is InChI=1S/C21H25NO4/c1-5-25-21(24)16-7-6-8-17(12-16)22-20(23)13-26-19-11-15(4)9-10-18(19)14(2)3/h6-12,14H,5,13H2,1-4H3,(H,22,23). The summed E-state index contributed by atoms with van der Waals surface area (Å²) in [6.45, 7) is 8.09. The Kier molecular flexibility index (Phi) is 6.78. The lowest BCUT2D eigenvalue weighted by Crippen LogP contribution is -2.21. The van der Waals surface area contributed by atoms with Crippen LogP contribution >= 0.6 is 0 Å². The van der Waals surface area contributed by atoms with Crippen molar-refractivity contribution in [3.63, 3.8) is 0 Å². The van der Waals surface area contributed by atoms with Crippen molar-refractivity contribution in [1.29, 1.82) is 0 Å². The first kappa shape index (κ1) is 19.5. The van der Waals surface area contributed by atoms with Crippen LogP contribution in [-0.4, -0.2) is 25.1 Å². The first-order valence-corrected chi connectivity index (χ1v) is 8.71. The fraction of sp³-hybridized carbons (Fsp3) is 0.333. The molecule has 0 unspecified atom stereocenters. The van der Waals surface area contributed by atoms with Crippen LogP contribution in [-0.2, 0) is 9.53 Å². The van der Waals surface area contributed by atoms with Crippen molar-refractivity contribution in [3.8, 4) is 5.75 Å². The van der Waals surface area contributed by atoms with Crippen LogP contribution in [0.25, 0.3) is 0 Å². The summed E-state index contributed by atoms with van der Waals surface area (Å²) in [7, 11) is 0. The maximum Gasteiger partial charge on any atom is 0.338 e. The Morgan fingerprint density at radius 2 is 1.88 bits per heavy atom. The van der Waals surface area contributed by atoms with Crippen molar-refractivity contribution in [3.05, 3.63) is 59.2 Å². The minimum Gasteiger partial charge on any atom is -0.483 e. The van der Waals surface area contributed by atoms with E-state index in [1.165, 1.54) is 0 Å². The summed E-state index contributed by atoms with van der Waals surface area (Å²) in [6, 6.07) is 12.6. The number of hydrogen-bond acceptors (Lipinski definition) is 4. The number of nitrogens with one attached hydrogen (secondary N) is 1. The fourth-order valence-corrected chi connectivity index (χ4v) is 2.52.